The highest BCUT2D eigenvalue weighted by atomic mass is 79.9. The molecule has 0 radical (unpaired) electrons. The predicted molar refractivity (Wildman–Crippen MR) is 82.5 cm³/mol. The lowest BCUT2D eigenvalue weighted by atomic mass is 10.1. The lowest BCUT2D eigenvalue weighted by molar-refractivity contribution is 0.313. The van der Waals surface area contributed by atoms with Gasteiger partial charge in [-0.15, -0.1) is 0 Å². The van der Waals surface area contributed by atoms with Crippen molar-refractivity contribution >= 4 is 15.9 Å². The Balaban J connectivity index is 1.64. The molecule has 2 rings (SSSR count). The molecule has 2 aromatic rings. The molecule has 0 aliphatic carbocycles. The van der Waals surface area contributed by atoms with Crippen LogP contribution in [-0.4, -0.2) is 13.2 Å². The monoisotopic (exact) mass is 319 g/mol. The molecule has 0 aliphatic rings. The maximum atomic E-state index is 5.63. The van der Waals surface area contributed by atoms with Crippen LogP contribution in [0.15, 0.2) is 53.0 Å². The fourth-order valence-corrected chi connectivity index (χ4v) is 1.97. The molecule has 1 N–H and O–H groups in total. The minimum Gasteiger partial charge on any atom is -0.492 e. The summed E-state index contributed by atoms with van der Waals surface area (Å²) < 4.78 is 6.70. The fourth-order valence-electron chi connectivity index (χ4n) is 1.71. The summed E-state index contributed by atoms with van der Waals surface area (Å²) in [5, 5.41) is 3.37. The minimum atomic E-state index is 0.674. The second-order valence-electron chi connectivity index (χ2n) is 4.46. The molecule has 0 atom stereocenters. The highest BCUT2D eigenvalue weighted by molar-refractivity contribution is 9.10. The van der Waals surface area contributed by atoms with Crippen molar-refractivity contribution in [2.24, 2.45) is 0 Å². The molecule has 100 valence electrons. The van der Waals surface area contributed by atoms with Crippen LogP contribution in [0.5, 0.6) is 5.75 Å². The van der Waals surface area contributed by atoms with Crippen LogP contribution in [0, 0.1) is 6.92 Å². The van der Waals surface area contributed by atoms with Crippen LogP contribution in [-0.2, 0) is 6.54 Å². The van der Waals surface area contributed by atoms with E-state index in [-0.39, 0.29) is 0 Å². The second kappa shape index (κ2) is 7.31. The second-order valence-corrected chi connectivity index (χ2v) is 5.38. The molecular formula is C16H18BrNO. The summed E-state index contributed by atoms with van der Waals surface area (Å²) in [6, 6.07) is 16.5. The molecule has 0 saturated carbocycles. The minimum absolute atomic E-state index is 0.674. The summed E-state index contributed by atoms with van der Waals surface area (Å²) in [5.41, 5.74) is 2.59. The van der Waals surface area contributed by atoms with Gasteiger partial charge in [0.15, 0.2) is 0 Å². The Kier molecular flexibility index (Phi) is 5.43. The average Bonchev–Trinajstić information content (AvgIpc) is 2.43. The molecule has 0 spiro atoms. The van der Waals surface area contributed by atoms with Gasteiger partial charge in [0.1, 0.15) is 12.4 Å². The van der Waals surface area contributed by atoms with Crippen LogP contribution in [0.1, 0.15) is 11.1 Å². The van der Waals surface area contributed by atoms with E-state index in [1.54, 1.807) is 0 Å². The number of aryl methyl sites for hydroxylation is 1. The van der Waals surface area contributed by atoms with E-state index in [1.807, 2.05) is 24.3 Å². The van der Waals surface area contributed by atoms with Crippen LogP contribution in [0.2, 0.25) is 0 Å². The van der Waals surface area contributed by atoms with Gasteiger partial charge >= 0.3 is 0 Å². The largest absolute Gasteiger partial charge is 0.492 e. The van der Waals surface area contributed by atoms with Gasteiger partial charge in [-0.2, -0.15) is 0 Å². The number of nitrogens with one attached hydrogen (secondary N) is 1. The summed E-state index contributed by atoms with van der Waals surface area (Å²) in [5.74, 6) is 0.903. The first-order valence-corrected chi connectivity index (χ1v) is 7.18. The molecule has 0 unspecified atom stereocenters. The summed E-state index contributed by atoms with van der Waals surface area (Å²) >= 11 is 3.40. The van der Waals surface area contributed by atoms with E-state index in [2.05, 4.69) is 52.4 Å². The van der Waals surface area contributed by atoms with Crippen LogP contribution >= 0.6 is 15.9 Å². The van der Waals surface area contributed by atoms with Crippen molar-refractivity contribution in [3.63, 3.8) is 0 Å². The number of benzene rings is 2. The standard InChI is InChI=1S/C16H18BrNO/c1-13-2-4-14(5-3-13)12-18-10-11-19-16-8-6-15(17)7-9-16/h2-9,18H,10-12H2,1H3. The van der Waals surface area contributed by atoms with Gasteiger partial charge in [0.25, 0.3) is 0 Å². The Bertz CT molecular complexity index is 446. The molecule has 3 heteroatoms. The van der Waals surface area contributed by atoms with Crippen molar-refractivity contribution in [1.29, 1.82) is 0 Å². The van der Waals surface area contributed by atoms with E-state index >= 15 is 0 Å². The Morgan fingerprint density at radius 1 is 1.00 bits per heavy atom. The van der Waals surface area contributed by atoms with Crippen LogP contribution in [0.4, 0.5) is 0 Å². The molecule has 0 aromatic heterocycles. The van der Waals surface area contributed by atoms with Crippen molar-refractivity contribution in [3.05, 3.63) is 64.1 Å². The van der Waals surface area contributed by atoms with E-state index in [0.717, 1.165) is 23.3 Å². The van der Waals surface area contributed by atoms with E-state index < -0.39 is 0 Å². The topological polar surface area (TPSA) is 21.3 Å². The van der Waals surface area contributed by atoms with Crippen molar-refractivity contribution < 1.29 is 4.74 Å². The number of rotatable bonds is 6. The van der Waals surface area contributed by atoms with Crippen LogP contribution in [0.3, 0.4) is 0 Å². The quantitative estimate of drug-likeness (QED) is 0.815. The third kappa shape index (κ3) is 5.05. The van der Waals surface area contributed by atoms with E-state index in [0.29, 0.717) is 6.61 Å². The first-order chi connectivity index (χ1) is 9.24. The van der Waals surface area contributed by atoms with Gasteiger partial charge in [0.05, 0.1) is 0 Å². The Morgan fingerprint density at radius 2 is 1.68 bits per heavy atom. The van der Waals surface area contributed by atoms with Gasteiger partial charge in [-0.1, -0.05) is 45.8 Å². The molecule has 0 aliphatic heterocycles. The van der Waals surface area contributed by atoms with Crippen LogP contribution < -0.4 is 10.1 Å². The van der Waals surface area contributed by atoms with Crippen molar-refractivity contribution in [2.45, 2.75) is 13.5 Å². The molecular weight excluding hydrogens is 302 g/mol. The lowest BCUT2D eigenvalue weighted by Gasteiger charge is -2.08. The van der Waals surface area contributed by atoms with Gasteiger partial charge in [0, 0.05) is 17.6 Å². The molecule has 0 fully saturated rings. The highest BCUT2D eigenvalue weighted by Gasteiger charge is 1.95. The molecule has 19 heavy (non-hydrogen) atoms. The molecule has 2 aromatic carbocycles. The van der Waals surface area contributed by atoms with Crippen molar-refractivity contribution in [1.82, 2.24) is 5.32 Å². The average molecular weight is 320 g/mol. The molecule has 0 bridgehead atoms. The van der Waals surface area contributed by atoms with E-state index in [1.165, 1.54) is 11.1 Å². The van der Waals surface area contributed by atoms with Gasteiger partial charge in [-0.05, 0) is 36.8 Å². The lowest BCUT2D eigenvalue weighted by Crippen LogP contribution is -2.20. The number of hydrogen-bond donors (Lipinski definition) is 1. The van der Waals surface area contributed by atoms with Gasteiger partial charge in [-0.25, -0.2) is 0 Å². The van der Waals surface area contributed by atoms with Crippen LogP contribution in [0.25, 0.3) is 0 Å². The SMILES string of the molecule is Cc1ccc(CNCCOc2ccc(Br)cc2)cc1. The van der Waals surface area contributed by atoms with Crippen molar-refractivity contribution in [2.75, 3.05) is 13.2 Å². The zero-order chi connectivity index (χ0) is 13.5. The maximum Gasteiger partial charge on any atom is 0.119 e. The van der Waals surface area contributed by atoms with Gasteiger partial charge < -0.3 is 10.1 Å². The third-order valence-corrected chi connectivity index (χ3v) is 3.34. The Morgan fingerprint density at radius 3 is 2.37 bits per heavy atom. The Hall–Kier alpha value is -1.32. The zero-order valence-electron chi connectivity index (χ0n) is 11.0. The van der Waals surface area contributed by atoms with E-state index in [9.17, 15) is 0 Å². The zero-order valence-corrected chi connectivity index (χ0v) is 12.6. The molecule has 0 amide bonds. The normalized spacial score (nSPS) is 10.4. The molecule has 2 nitrogen and oxygen atoms in total. The van der Waals surface area contributed by atoms with E-state index in [4.69, 9.17) is 4.74 Å². The number of halogens is 1. The summed E-state index contributed by atoms with van der Waals surface area (Å²) in [4.78, 5) is 0. The Labute approximate surface area is 122 Å². The maximum absolute atomic E-state index is 5.63. The fraction of sp³-hybridized carbons (Fsp3) is 0.250. The number of hydrogen-bond acceptors (Lipinski definition) is 2. The smallest absolute Gasteiger partial charge is 0.119 e. The van der Waals surface area contributed by atoms with Gasteiger partial charge in [0.2, 0.25) is 0 Å². The summed E-state index contributed by atoms with van der Waals surface area (Å²) in [6.07, 6.45) is 0. The highest BCUT2D eigenvalue weighted by Crippen LogP contribution is 2.15. The third-order valence-electron chi connectivity index (χ3n) is 2.81. The summed E-state index contributed by atoms with van der Waals surface area (Å²) in [7, 11) is 0. The van der Waals surface area contributed by atoms with Gasteiger partial charge in [-0.3, -0.25) is 0 Å². The summed E-state index contributed by atoms with van der Waals surface area (Å²) in [6.45, 7) is 4.49. The molecule has 0 saturated heterocycles. The first kappa shape index (κ1) is 14.1. The van der Waals surface area contributed by atoms with Crippen molar-refractivity contribution in [3.8, 4) is 5.75 Å². The number of ether oxygens (including phenoxy) is 1. The first-order valence-electron chi connectivity index (χ1n) is 6.39. The molecule has 0 heterocycles. The predicted octanol–water partition coefficient (Wildman–Crippen LogP) is 3.93.